The van der Waals surface area contributed by atoms with Crippen molar-refractivity contribution in [2.75, 3.05) is 31.5 Å². The zero-order valence-electron chi connectivity index (χ0n) is 13.8. The van der Waals surface area contributed by atoms with Gasteiger partial charge in [-0.25, -0.2) is 8.78 Å². The van der Waals surface area contributed by atoms with Crippen molar-refractivity contribution in [1.82, 2.24) is 15.1 Å². The molecule has 1 N–H and O–H groups in total. The maximum absolute atomic E-state index is 13.8. The number of aromatic nitrogens is 2. The molecule has 2 saturated heterocycles. The van der Waals surface area contributed by atoms with E-state index in [9.17, 15) is 8.78 Å². The number of hydrogen-bond acceptors (Lipinski definition) is 5. The Morgan fingerprint density at radius 3 is 2.40 bits per heavy atom. The fourth-order valence-electron chi connectivity index (χ4n) is 3.53. The van der Waals surface area contributed by atoms with Gasteiger partial charge in [0, 0.05) is 26.2 Å². The standard InChI is InChI=1S/C18H20F2N4O/c19-14-2-1-3-15(20)18(14)16-6-7-17(23-22-16)21-8-9-24-10-12-4-5-13(11-24)25-12/h1-3,6-7,12-13H,4-5,8-11H2,(H,21,23). The van der Waals surface area contributed by atoms with E-state index >= 15 is 0 Å². The first-order valence-electron chi connectivity index (χ1n) is 8.59. The number of nitrogens with one attached hydrogen (secondary N) is 1. The van der Waals surface area contributed by atoms with Gasteiger partial charge in [0.1, 0.15) is 17.5 Å². The summed E-state index contributed by atoms with van der Waals surface area (Å²) in [7, 11) is 0. The molecular formula is C18H20F2N4O. The van der Waals surface area contributed by atoms with Crippen LogP contribution >= 0.6 is 0 Å². The van der Waals surface area contributed by atoms with Crippen molar-refractivity contribution in [3.63, 3.8) is 0 Å². The smallest absolute Gasteiger partial charge is 0.148 e. The highest BCUT2D eigenvalue weighted by Crippen LogP contribution is 2.26. The summed E-state index contributed by atoms with van der Waals surface area (Å²) in [5, 5.41) is 11.2. The van der Waals surface area contributed by atoms with Crippen molar-refractivity contribution in [1.29, 1.82) is 0 Å². The predicted octanol–water partition coefficient (Wildman–Crippen LogP) is 2.70. The summed E-state index contributed by atoms with van der Waals surface area (Å²) >= 11 is 0. The zero-order valence-corrected chi connectivity index (χ0v) is 13.8. The third-order valence-electron chi connectivity index (χ3n) is 4.74. The van der Waals surface area contributed by atoms with Crippen LogP contribution in [0.5, 0.6) is 0 Å². The minimum Gasteiger partial charge on any atom is -0.372 e. The third-order valence-corrected chi connectivity index (χ3v) is 4.74. The zero-order chi connectivity index (χ0) is 17.2. The Hall–Kier alpha value is -2.12. The second kappa shape index (κ2) is 7.01. The van der Waals surface area contributed by atoms with Crippen molar-refractivity contribution in [3.8, 4) is 11.3 Å². The van der Waals surface area contributed by atoms with E-state index in [-0.39, 0.29) is 11.3 Å². The molecule has 0 spiro atoms. The van der Waals surface area contributed by atoms with E-state index in [2.05, 4.69) is 20.4 Å². The normalized spacial score (nSPS) is 23.0. The van der Waals surface area contributed by atoms with Gasteiger partial charge in [0.25, 0.3) is 0 Å². The topological polar surface area (TPSA) is 50.3 Å². The fraction of sp³-hybridized carbons (Fsp3) is 0.444. The summed E-state index contributed by atoms with van der Waals surface area (Å²) in [6, 6.07) is 7.02. The Morgan fingerprint density at radius 1 is 1.04 bits per heavy atom. The number of morpholine rings is 1. The van der Waals surface area contributed by atoms with Crippen LogP contribution < -0.4 is 5.32 Å². The molecule has 3 heterocycles. The monoisotopic (exact) mass is 346 g/mol. The van der Waals surface area contributed by atoms with Gasteiger partial charge in [0.2, 0.25) is 0 Å². The molecule has 2 bridgehead atoms. The van der Waals surface area contributed by atoms with Crippen molar-refractivity contribution >= 4 is 5.82 Å². The highest BCUT2D eigenvalue weighted by Gasteiger charge is 2.33. The first-order chi connectivity index (χ1) is 12.2. The molecule has 25 heavy (non-hydrogen) atoms. The van der Waals surface area contributed by atoms with Gasteiger partial charge in [-0.15, -0.1) is 10.2 Å². The first kappa shape index (κ1) is 16.4. The minimum atomic E-state index is -0.642. The van der Waals surface area contributed by atoms with Crippen LogP contribution in [0, 0.1) is 11.6 Å². The highest BCUT2D eigenvalue weighted by molar-refractivity contribution is 5.61. The number of fused-ring (bicyclic) bond motifs is 2. The van der Waals surface area contributed by atoms with E-state index in [0.717, 1.165) is 39.0 Å². The molecule has 1 aromatic heterocycles. The Labute approximate surface area is 145 Å². The summed E-state index contributed by atoms with van der Waals surface area (Å²) in [6.45, 7) is 3.61. The predicted molar refractivity (Wildman–Crippen MR) is 90.2 cm³/mol. The molecule has 0 radical (unpaired) electrons. The van der Waals surface area contributed by atoms with Crippen LogP contribution in [0.4, 0.5) is 14.6 Å². The van der Waals surface area contributed by atoms with Crippen molar-refractivity contribution in [2.24, 2.45) is 0 Å². The number of benzene rings is 1. The highest BCUT2D eigenvalue weighted by atomic mass is 19.1. The maximum Gasteiger partial charge on any atom is 0.148 e. The van der Waals surface area contributed by atoms with E-state index in [1.165, 1.54) is 18.2 Å². The molecule has 0 saturated carbocycles. The summed E-state index contributed by atoms with van der Waals surface area (Å²) in [6.07, 6.45) is 3.09. The van der Waals surface area contributed by atoms with E-state index in [4.69, 9.17) is 4.74 Å². The molecular weight excluding hydrogens is 326 g/mol. The molecule has 5 nitrogen and oxygen atoms in total. The Morgan fingerprint density at radius 2 is 1.76 bits per heavy atom. The van der Waals surface area contributed by atoms with Gasteiger partial charge < -0.3 is 10.1 Å². The number of anilines is 1. The molecule has 2 fully saturated rings. The molecule has 0 aliphatic carbocycles. The average Bonchev–Trinajstić information content (AvgIpc) is 2.94. The van der Waals surface area contributed by atoms with E-state index in [0.29, 0.717) is 18.0 Å². The van der Waals surface area contributed by atoms with Crippen molar-refractivity contribution in [2.45, 2.75) is 25.0 Å². The largest absolute Gasteiger partial charge is 0.372 e. The molecule has 2 aliphatic heterocycles. The Bertz CT molecular complexity index is 708. The van der Waals surface area contributed by atoms with Gasteiger partial charge in [-0.3, -0.25) is 4.90 Å². The van der Waals surface area contributed by atoms with Crippen molar-refractivity contribution < 1.29 is 13.5 Å². The first-order valence-corrected chi connectivity index (χ1v) is 8.59. The SMILES string of the molecule is Fc1cccc(F)c1-c1ccc(NCCN2CC3CCC(C2)O3)nn1. The molecule has 4 rings (SSSR count). The molecule has 2 aliphatic rings. The van der Waals surface area contributed by atoms with Crippen LogP contribution in [-0.4, -0.2) is 53.5 Å². The summed E-state index contributed by atoms with van der Waals surface area (Å²) < 4.78 is 33.4. The molecule has 0 amide bonds. The summed E-state index contributed by atoms with van der Waals surface area (Å²) in [5.74, 6) is -0.689. The van der Waals surface area contributed by atoms with Gasteiger partial charge in [-0.2, -0.15) is 0 Å². The van der Waals surface area contributed by atoms with Crippen LogP contribution in [0.2, 0.25) is 0 Å². The molecule has 7 heteroatoms. The van der Waals surface area contributed by atoms with Gasteiger partial charge >= 0.3 is 0 Å². The summed E-state index contributed by atoms with van der Waals surface area (Å²) in [5.41, 5.74) is 0.0382. The van der Waals surface area contributed by atoms with Crippen LogP contribution in [0.3, 0.4) is 0 Å². The molecule has 2 aromatic rings. The lowest BCUT2D eigenvalue weighted by atomic mass is 10.1. The van der Waals surface area contributed by atoms with Gasteiger partial charge in [0.15, 0.2) is 0 Å². The lowest BCUT2D eigenvalue weighted by molar-refractivity contribution is -0.0368. The van der Waals surface area contributed by atoms with Gasteiger partial charge in [-0.05, 0) is 37.1 Å². The second-order valence-electron chi connectivity index (χ2n) is 6.54. The lowest BCUT2D eigenvalue weighted by Gasteiger charge is -2.32. The molecule has 132 valence electrons. The van der Waals surface area contributed by atoms with E-state index in [1.807, 2.05) is 0 Å². The quantitative estimate of drug-likeness (QED) is 0.902. The van der Waals surface area contributed by atoms with Crippen LogP contribution in [-0.2, 0) is 4.74 Å². The maximum atomic E-state index is 13.8. The number of likely N-dealkylation sites (tertiary alicyclic amines) is 1. The van der Waals surface area contributed by atoms with Crippen molar-refractivity contribution in [3.05, 3.63) is 42.0 Å². The van der Waals surface area contributed by atoms with E-state index in [1.54, 1.807) is 12.1 Å². The second-order valence-corrected chi connectivity index (χ2v) is 6.54. The van der Waals surface area contributed by atoms with Gasteiger partial charge in [0.05, 0.1) is 23.5 Å². The Balaban J connectivity index is 1.33. The number of hydrogen-bond donors (Lipinski definition) is 1. The minimum absolute atomic E-state index is 0.148. The third kappa shape index (κ3) is 3.62. The fourth-order valence-corrected chi connectivity index (χ4v) is 3.53. The molecule has 2 atom stereocenters. The number of ether oxygens (including phenoxy) is 1. The number of halogens is 2. The van der Waals surface area contributed by atoms with Gasteiger partial charge in [-0.1, -0.05) is 6.07 Å². The molecule has 2 unspecified atom stereocenters. The number of nitrogens with zero attached hydrogens (tertiary/aromatic N) is 3. The van der Waals surface area contributed by atoms with E-state index < -0.39 is 11.6 Å². The lowest BCUT2D eigenvalue weighted by Crippen LogP contribution is -2.44. The number of rotatable bonds is 5. The summed E-state index contributed by atoms with van der Waals surface area (Å²) in [4.78, 5) is 2.40. The Kier molecular flexibility index (Phi) is 4.59. The van der Waals surface area contributed by atoms with Crippen LogP contribution in [0.1, 0.15) is 12.8 Å². The molecule has 1 aromatic carbocycles. The van der Waals surface area contributed by atoms with Crippen LogP contribution in [0.25, 0.3) is 11.3 Å². The van der Waals surface area contributed by atoms with Crippen LogP contribution in [0.15, 0.2) is 30.3 Å². The average molecular weight is 346 g/mol.